The third kappa shape index (κ3) is 4.06. The Hall–Kier alpha value is -3.52. The van der Waals surface area contributed by atoms with Crippen LogP contribution in [0.25, 0.3) is 0 Å². The number of sulfonamides is 1. The molecule has 0 bridgehead atoms. The molecule has 0 aliphatic carbocycles. The van der Waals surface area contributed by atoms with Crippen molar-refractivity contribution in [3.05, 3.63) is 77.4 Å². The van der Waals surface area contributed by atoms with Gasteiger partial charge in [-0.3, -0.25) is 9.10 Å². The molecule has 0 spiro atoms. The Morgan fingerprint density at radius 3 is 2.39 bits per heavy atom. The number of aryl methyl sites for hydroxylation is 2. The van der Waals surface area contributed by atoms with E-state index in [-0.39, 0.29) is 17.6 Å². The molecule has 0 atom stereocenters. The van der Waals surface area contributed by atoms with E-state index in [1.807, 2.05) is 6.92 Å². The van der Waals surface area contributed by atoms with Crippen LogP contribution in [0.3, 0.4) is 0 Å². The van der Waals surface area contributed by atoms with Gasteiger partial charge in [-0.25, -0.2) is 8.42 Å². The molecule has 0 fully saturated rings. The monoisotopic (exact) mass is 438 g/mol. The van der Waals surface area contributed by atoms with Gasteiger partial charge in [-0.2, -0.15) is 0 Å². The maximum Gasteiger partial charge on any atom is 0.264 e. The van der Waals surface area contributed by atoms with Crippen LogP contribution in [0.4, 0.5) is 11.4 Å². The number of benzene rings is 3. The maximum absolute atomic E-state index is 13.1. The smallest absolute Gasteiger partial charge is 0.264 e. The highest BCUT2D eigenvalue weighted by Crippen LogP contribution is 2.34. The van der Waals surface area contributed by atoms with Gasteiger partial charge in [0.15, 0.2) is 11.5 Å². The maximum atomic E-state index is 13.1. The molecule has 3 aromatic rings. The van der Waals surface area contributed by atoms with Gasteiger partial charge >= 0.3 is 0 Å². The van der Waals surface area contributed by atoms with E-state index in [0.29, 0.717) is 28.4 Å². The predicted molar refractivity (Wildman–Crippen MR) is 118 cm³/mol. The van der Waals surface area contributed by atoms with Gasteiger partial charge in [0.25, 0.3) is 15.9 Å². The third-order valence-corrected chi connectivity index (χ3v) is 6.91. The molecule has 1 N–H and O–H groups in total. The van der Waals surface area contributed by atoms with E-state index in [2.05, 4.69) is 5.32 Å². The minimum Gasteiger partial charge on any atom is -0.454 e. The Balaban J connectivity index is 1.60. The van der Waals surface area contributed by atoms with Crippen LogP contribution in [0, 0.1) is 13.8 Å². The fraction of sp³-hybridized carbons (Fsp3) is 0.174. The summed E-state index contributed by atoms with van der Waals surface area (Å²) in [6.45, 7) is 3.85. The van der Waals surface area contributed by atoms with Crippen molar-refractivity contribution in [2.75, 3.05) is 23.5 Å². The number of nitrogens with zero attached hydrogens (tertiary/aromatic N) is 1. The summed E-state index contributed by atoms with van der Waals surface area (Å²) in [6, 6.07) is 16.7. The molecule has 31 heavy (non-hydrogen) atoms. The lowest BCUT2D eigenvalue weighted by Crippen LogP contribution is -2.27. The zero-order valence-corrected chi connectivity index (χ0v) is 18.2. The largest absolute Gasteiger partial charge is 0.454 e. The molecule has 0 unspecified atom stereocenters. The molecule has 3 aromatic carbocycles. The molecular formula is C23H22N2O5S. The fourth-order valence-electron chi connectivity index (χ4n) is 3.27. The van der Waals surface area contributed by atoms with E-state index < -0.39 is 10.0 Å². The van der Waals surface area contributed by atoms with Crippen molar-refractivity contribution in [1.82, 2.24) is 0 Å². The Kier molecular flexibility index (Phi) is 5.32. The Labute approximate surface area is 181 Å². The van der Waals surface area contributed by atoms with E-state index in [1.54, 1.807) is 67.6 Å². The standard InChI is InChI=1S/C23H22N2O5S/c1-15-4-9-19(10-5-15)31(27,28)25(3)20-12-17(7-6-16(20)2)23(26)24-18-8-11-21-22(13-18)30-14-29-21/h4-13H,14H2,1-3H3,(H,24,26). The molecule has 0 radical (unpaired) electrons. The number of carbonyl (C=O) groups excluding carboxylic acids is 1. The zero-order valence-electron chi connectivity index (χ0n) is 17.4. The summed E-state index contributed by atoms with van der Waals surface area (Å²) >= 11 is 0. The Morgan fingerprint density at radius 2 is 1.65 bits per heavy atom. The Bertz CT molecular complexity index is 1250. The van der Waals surface area contributed by atoms with Crippen LogP contribution in [-0.4, -0.2) is 28.2 Å². The van der Waals surface area contributed by atoms with Crippen molar-refractivity contribution in [2.24, 2.45) is 0 Å². The number of hydrogen-bond acceptors (Lipinski definition) is 5. The van der Waals surface area contributed by atoms with Crippen LogP contribution in [0.15, 0.2) is 65.6 Å². The molecule has 0 aromatic heterocycles. The minimum absolute atomic E-state index is 0.149. The number of fused-ring (bicyclic) bond motifs is 1. The quantitative estimate of drug-likeness (QED) is 0.648. The van der Waals surface area contributed by atoms with Gasteiger partial charge in [0.2, 0.25) is 6.79 Å². The van der Waals surface area contributed by atoms with Crippen molar-refractivity contribution in [3.8, 4) is 11.5 Å². The molecule has 0 saturated heterocycles. The molecule has 4 rings (SSSR count). The molecule has 1 heterocycles. The number of carbonyl (C=O) groups is 1. The van der Waals surface area contributed by atoms with E-state index >= 15 is 0 Å². The molecular weight excluding hydrogens is 416 g/mol. The molecule has 1 amide bonds. The number of nitrogens with one attached hydrogen (secondary N) is 1. The van der Waals surface area contributed by atoms with Crippen LogP contribution >= 0.6 is 0 Å². The fourth-order valence-corrected chi connectivity index (χ4v) is 4.52. The van der Waals surface area contributed by atoms with Crippen LogP contribution in [0.1, 0.15) is 21.5 Å². The average Bonchev–Trinajstić information content (AvgIpc) is 3.21. The number of amides is 1. The summed E-state index contributed by atoms with van der Waals surface area (Å²) < 4.78 is 38.0. The topological polar surface area (TPSA) is 84.9 Å². The van der Waals surface area contributed by atoms with Crippen LogP contribution < -0.4 is 19.1 Å². The summed E-state index contributed by atoms with van der Waals surface area (Å²) in [4.78, 5) is 13.0. The van der Waals surface area contributed by atoms with Crippen molar-refractivity contribution < 1.29 is 22.7 Å². The van der Waals surface area contributed by atoms with Crippen molar-refractivity contribution in [1.29, 1.82) is 0 Å². The highest BCUT2D eigenvalue weighted by molar-refractivity contribution is 7.92. The molecule has 1 aliphatic heterocycles. The molecule has 1 aliphatic rings. The second-order valence-corrected chi connectivity index (χ2v) is 9.28. The van der Waals surface area contributed by atoms with Gasteiger partial charge in [0.05, 0.1) is 10.6 Å². The number of rotatable bonds is 5. The van der Waals surface area contributed by atoms with Gasteiger partial charge in [-0.05, 0) is 55.8 Å². The van der Waals surface area contributed by atoms with Crippen molar-refractivity contribution >= 4 is 27.3 Å². The van der Waals surface area contributed by atoms with Gasteiger partial charge in [-0.1, -0.05) is 23.8 Å². The first-order chi connectivity index (χ1) is 14.8. The van der Waals surface area contributed by atoms with E-state index in [1.165, 1.54) is 11.4 Å². The van der Waals surface area contributed by atoms with E-state index in [0.717, 1.165) is 11.1 Å². The Morgan fingerprint density at radius 1 is 0.935 bits per heavy atom. The first-order valence-corrected chi connectivity index (χ1v) is 11.1. The van der Waals surface area contributed by atoms with Gasteiger partial charge in [0, 0.05) is 24.4 Å². The lowest BCUT2D eigenvalue weighted by Gasteiger charge is -2.22. The summed E-state index contributed by atoms with van der Waals surface area (Å²) in [7, 11) is -2.29. The number of hydrogen-bond donors (Lipinski definition) is 1. The number of ether oxygens (including phenoxy) is 2. The molecule has 0 saturated carbocycles. The van der Waals surface area contributed by atoms with Crippen molar-refractivity contribution in [2.45, 2.75) is 18.7 Å². The summed E-state index contributed by atoms with van der Waals surface area (Å²) in [5.41, 5.74) is 3.03. The third-order valence-electron chi connectivity index (χ3n) is 5.12. The highest BCUT2D eigenvalue weighted by atomic mass is 32.2. The summed E-state index contributed by atoms with van der Waals surface area (Å²) in [5.74, 6) is 0.825. The lowest BCUT2D eigenvalue weighted by molar-refractivity contribution is 0.102. The summed E-state index contributed by atoms with van der Waals surface area (Å²) in [5, 5.41) is 2.81. The van der Waals surface area contributed by atoms with Crippen molar-refractivity contribution in [3.63, 3.8) is 0 Å². The molecule has 8 heteroatoms. The first-order valence-electron chi connectivity index (χ1n) is 9.63. The second-order valence-electron chi connectivity index (χ2n) is 7.31. The summed E-state index contributed by atoms with van der Waals surface area (Å²) in [6.07, 6.45) is 0. The number of anilines is 2. The SMILES string of the molecule is Cc1ccc(S(=O)(=O)N(C)c2cc(C(=O)Nc3ccc4c(c3)OCO4)ccc2C)cc1. The lowest BCUT2D eigenvalue weighted by atomic mass is 10.1. The minimum atomic E-state index is -3.77. The second kappa shape index (κ2) is 7.96. The predicted octanol–water partition coefficient (Wildman–Crippen LogP) is 4.11. The average molecular weight is 439 g/mol. The normalized spacial score (nSPS) is 12.5. The van der Waals surface area contributed by atoms with Gasteiger partial charge < -0.3 is 14.8 Å². The van der Waals surface area contributed by atoms with Crippen LogP contribution in [-0.2, 0) is 10.0 Å². The zero-order chi connectivity index (χ0) is 22.2. The highest BCUT2D eigenvalue weighted by Gasteiger charge is 2.23. The van der Waals surface area contributed by atoms with Crippen LogP contribution in [0.2, 0.25) is 0 Å². The molecule has 7 nitrogen and oxygen atoms in total. The van der Waals surface area contributed by atoms with Gasteiger partial charge in [0.1, 0.15) is 0 Å². The molecule has 160 valence electrons. The van der Waals surface area contributed by atoms with Crippen LogP contribution in [0.5, 0.6) is 11.5 Å². The van der Waals surface area contributed by atoms with E-state index in [4.69, 9.17) is 9.47 Å². The first kappa shape index (κ1) is 20.7. The van der Waals surface area contributed by atoms with E-state index in [9.17, 15) is 13.2 Å². The van der Waals surface area contributed by atoms with Gasteiger partial charge in [-0.15, -0.1) is 0 Å².